The number of hydrogen-bond donors (Lipinski definition) is 1. The van der Waals surface area contributed by atoms with Crippen molar-refractivity contribution in [2.45, 2.75) is 50.7 Å². The SMILES string of the molecule is COC(=O)c1ccc2c(C3CCCCC3)c3n(c2c1)C/C(=C/C[NH+](C)C)COc1ccccc1-3.O=C([O-])C(F)(F)F. The van der Waals surface area contributed by atoms with Gasteiger partial charge in [-0.25, -0.2) is 4.79 Å². The predicted octanol–water partition coefficient (Wildman–Crippen LogP) is 3.90. The fourth-order valence-corrected chi connectivity index (χ4v) is 5.56. The molecule has 0 saturated heterocycles. The average molecular weight is 573 g/mol. The molecule has 2 aliphatic rings. The molecule has 0 atom stereocenters. The van der Waals surface area contributed by atoms with Crippen LogP contribution in [0, 0.1) is 0 Å². The summed E-state index contributed by atoms with van der Waals surface area (Å²) >= 11 is 0. The molecule has 5 rings (SSSR count). The number of nitrogens with one attached hydrogen (secondary N) is 1. The number of ether oxygens (including phenoxy) is 2. The van der Waals surface area contributed by atoms with Crippen LogP contribution in [0.4, 0.5) is 13.2 Å². The van der Waals surface area contributed by atoms with Crippen LogP contribution in [0.15, 0.2) is 54.1 Å². The Bertz CT molecular complexity index is 1440. The van der Waals surface area contributed by atoms with Crippen molar-refractivity contribution in [1.82, 2.24) is 4.57 Å². The molecule has 0 amide bonds. The number of aromatic nitrogens is 1. The van der Waals surface area contributed by atoms with Crippen LogP contribution in [0.3, 0.4) is 0 Å². The number of rotatable bonds is 4. The Hall–Kier alpha value is -3.79. The number of alkyl halides is 3. The monoisotopic (exact) mass is 572 g/mol. The summed E-state index contributed by atoms with van der Waals surface area (Å²) in [6.07, 6.45) is 3.39. The molecule has 7 nitrogen and oxygen atoms in total. The number of para-hydroxylation sites is 1. The number of halogens is 3. The predicted molar refractivity (Wildman–Crippen MR) is 147 cm³/mol. The van der Waals surface area contributed by atoms with Crippen molar-refractivity contribution in [2.24, 2.45) is 0 Å². The lowest BCUT2D eigenvalue weighted by Crippen LogP contribution is -3.05. The van der Waals surface area contributed by atoms with Gasteiger partial charge in [0, 0.05) is 23.0 Å². The molecule has 1 saturated carbocycles. The zero-order chi connectivity index (χ0) is 29.7. The van der Waals surface area contributed by atoms with Crippen molar-refractivity contribution < 1.29 is 42.2 Å². The maximum Gasteiger partial charge on any atom is 0.430 e. The van der Waals surface area contributed by atoms with Gasteiger partial charge >= 0.3 is 12.1 Å². The number of carbonyl (C=O) groups excluding carboxylic acids is 2. The van der Waals surface area contributed by atoms with Gasteiger partial charge in [-0.2, -0.15) is 13.2 Å². The zero-order valence-corrected chi connectivity index (χ0v) is 23.5. The summed E-state index contributed by atoms with van der Waals surface area (Å²) in [4.78, 5) is 22.6. The van der Waals surface area contributed by atoms with Crippen molar-refractivity contribution in [3.63, 3.8) is 0 Å². The topological polar surface area (TPSA) is 85.0 Å². The highest BCUT2D eigenvalue weighted by Gasteiger charge is 2.30. The normalized spacial score (nSPS) is 16.6. The molecule has 0 bridgehead atoms. The molecule has 2 heterocycles. The lowest BCUT2D eigenvalue weighted by atomic mass is 9.81. The van der Waals surface area contributed by atoms with Gasteiger partial charge in [0.1, 0.15) is 18.3 Å². The molecule has 0 spiro atoms. The number of likely N-dealkylation sites (N-methyl/N-ethyl adjacent to an activating group) is 1. The van der Waals surface area contributed by atoms with Crippen LogP contribution < -0.4 is 14.7 Å². The maximum atomic E-state index is 12.4. The summed E-state index contributed by atoms with van der Waals surface area (Å²) in [5, 5.41) is 10.0. The Labute approximate surface area is 237 Å². The minimum atomic E-state index is -5.19. The number of esters is 1. The minimum Gasteiger partial charge on any atom is -0.542 e. The quantitative estimate of drug-likeness (QED) is 0.379. The highest BCUT2D eigenvalue weighted by atomic mass is 19.4. The third-order valence-electron chi connectivity index (χ3n) is 7.49. The summed E-state index contributed by atoms with van der Waals surface area (Å²) in [5.41, 5.74) is 6.78. The van der Waals surface area contributed by atoms with E-state index in [0.717, 1.165) is 29.9 Å². The zero-order valence-electron chi connectivity index (χ0n) is 23.5. The fraction of sp³-hybridized carbons (Fsp3) is 0.419. The molecular formula is C31H35F3N2O5. The van der Waals surface area contributed by atoms with Gasteiger partial charge < -0.3 is 28.8 Å². The van der Waals surface area contributed by atoms with Crippen molar-refractivity contribution in [1.29, 1.82) is 0 Å². The standard InChI is InChI=1S/C29H34N2O3.C2HF3O2/c1-30(2)16-15-20-18-31-25-17-22(29(32)33-3)13-14-23(25)27(21-9-5-4-6-10-21)28(31)24-11-7-8-12-26(24)34-19-20;3-2(4,5)1(6)7/h7-8,11-15,17,21H,4-6,9-10,16,18-19H2,1-3H3;(H,6,7)/b20-15-;. The van der Waals surface area contributed by atoms with E-state index in [1.54, 1.807) is 0 Å². The van der Waals surface area contributed by atoms with Gasteiger partial charge in [0.05, 0.1) is 39.0 Å². The first-order valence-corrected chi connectivity index (χ1v) is 13.7. The molecule has 41 heavy (non-hydrogen) atoms. The van der Waals surface area contributed by atoms with Gasteiger partial charge in [0.2, 0.25) is 0 Å². The second kappa shape index (κ2) is 12.8. The van der Waals surface area contributed by atoms with Crippen LogP contribution >= 0.6 is 0 Å². The lowest BCUT2D eigenvalue weighted by molar-refractivity contribution is -0.851. The molecule has 1 aliphatic carbocycles. The summed E-state index contributed by atoms with van der Waals surface area (Å²) in [6.45, 7) is 2.27. The van der Waals surface area contributed by atoms with Crippen molar-refractivity contribution >= 4 is 22.8 Å². The van der Waals surface area contributed by atoms with E-state index in [9.17, 15) is 18.0 Å². The van der Waals surface area contributed by atoms with Crippen LogP contribution in [-0.4, -0.2) is 57.0 Å². The largest absolute Gasteiger partial charge is 0.542 e. The van der Waals surface area contributed by atoms with Crippen LogP contribution in [0.1, 0.15) is 53.9 Å². The number of carboxylic acid groups (broad SMARTS) is 1. The molecule has 2 aromatic carbocycles. The van der Waals surface area contributed by atoms with Crippen molar-refractivity contribution in [3.05, 3.63) is 65.2 Å². The molecule has 0 unspecified atom stereocenters. The number of nitrogens with zero attached hydrogens (tertiary/aromatic N) is 1. The summed E-state index contributed by atoms with van der Waals surface area (Å²) in [5.74, 6) is -1.85. The first-order chi connectivity index (χ1) is 19.5. The van der Waals surface area contributed by atoms with Gasteiger partial charge in [0.25, 0.3) is 0 Å². The average Bonchev–Trinajstić information content (AvgIpc) is 3.25. The summed E-state index contributed by atoms with van der Waals surface area (Å²) in [6, 6.07) is 14.5. The molecule has 1 N–H and O–H groups in total. The van der Waals surface area contributed by atoms with Gasteiger partial charge in [-0.1, -0.05) is 37.5 Å². The van der Waals surface area contributed by atoms with Crippen LogP contribution in [-0.2, 0) is 16.1 Å². The van der Waals surface area contributed by atoms with Crippen LogP contribution in [0.5, 0.6) is 5.75 Å². The molecule has 1 aromatic heterocycles. The van der Waals surface area contributed by atoms with Gasteiger partial charge in [-0.05, 0) is 60.2 Å². The Morgan fingerprint density at radius 1 is 1.12 bits per heavy atom. The maximum absolute atomic E-state index is 12.4. The molecule has 3 aromatic rings. The number of hydrogen-bond acceptors (Lipinski definition) is 5. The molecule has 0 radical (unpaired) electrons. The Morgan fingerprint density at radius 3 is 2.44 bits per heavy atom. The van der Waals surface area contributed by atoms with Crippen LogP contribution in [0.25, 0.3) is 22.2 Å². The smallest absolute Gasteiger partial charge is 0.430 e. The number of quaternary nitrogens is 1. The van der Waals surface area contributed by atoms with E-state index in [-0.39, 0.29) is 5.97 Å². The number of aliphatic carboxylic acids is 1. The number of fused-ring (bicyclic) bond motifs is 5. The van der Waals surface area contributed by atoms with Crippen molar-refractivity contribution in [2.75, 3.05) is 34.4 Å². The molecule has 1 fully saturated rings. The summed E-state index contributed by atoms with van der Waals surface area (Å²) in [7, 11) is 5.77. The molecule has 10 heteroatoms. The van der Waals surface area contributed by atoms with Crippen LogP contribution in [0.2, 0.25) is 0 Å². The first kappa shape index (κ1) is 30.2. The van der Waals surface area contributed by atoms with E-state index in [1.165, 1.54) is 66.3 Å². The highest BCUT2D eigenvalue weighted by molar-refractivity contribution is 5.99. The highest BCUT2D eigenvalue weighted by Crippen LogP contribution is 2.47. The van der Waals surface area contributed by atoms with E-state index >= 15 is 0 Å². The second-order valence-electron chi connectivity index (χ2n) is 10.8. The molecule has 1 aliphatic heterocycles. The third kappa shape index (κ3) is 6.93. The number of methoxy groups -OCH3 is 1. The first-order valence-electron chi connectivity index (χ1n) is 13.7. The number of benzene rings is 2. The minimum absolute atomic E-state index is 0.293. The van der Waals surface area contributed by atoms with Crippen molar-refractivity contribution in [3.8, 4) is 17.0 Å². The van der Waals surface area contributed by atoms with Gasteiger partial charge in [-0.3, -0.25) is 0 Å². The Kier molecular flexibility index (Phi) is 9.42. The van der Waals surface area contributed by atoms with E-state index < -0.39 is 12.1 Å². The van der Waals surface area contributed by atoms with E-state index in [0.29, 0.717) is 18.1 Å². The number of carboxylic acids is 1. The van der Waals surface area contributed by atoms with E-state index in [1.807, 2.05) is 12.1 Å². The van der Waals surface area contributed by atoms with Gasteiger partial charge in [-0.15, -0.1) is 0 Å². The Morgan fingerprint density at radius 2 is 1.80 bits per heavy atom. The fourth-order valence-electron chi connectivity index (χ4n) is 5.56. The lowest BCUT2D eigenvalue weighted by Gasteiger charge is -2.26. The van der Waals surface area contributed by atoms with E-state index in [4.69, 9.17) is 19.4 Å². The third-order valence-corrected chi connectivity index (χ3v) is 7.49. The number of carbonyl (C=O) groups is 2. The Balaban J connectivity index is 0.000000493. The van der Waals surface area contributed by atoms with E-state index in [2.05, 4.69) is 55.1 Å². The second-order valence-corrected chi connectivity index (χ2v) is 10.8. The summed E-state index contributed by atoms with van der Waals surface area (Å²) < 4.78 is 45.4. The molecule has 220 valence electrons. The molecular weight excluding hydrogens is 537 g/mol. The van der Waals surface area contributed by atoms with Gasteiger partial charge in [0.15, 0.2) is 0 Å².